The average molecular weight is 446 g/mol. The van der Waals surface area contributed by atoms with Crippen molar-refractivity contribution < 1.29 is 14.9 Å². The number of rotatable bonds is 6. The zero-order valence-electron chi connectivity index (χ0n) is 13.8. The van der Waals surface area contributed by atoms with Gasteiger partial charge in [-0.25, -0.2) is 9.97 Å². The second kappa shape index (κ2) is 7.51. The van der Waals surface area contributed by atoms with Crippen LogP contribution in [0.1, 0.15) is 39.3 Å². The number of aliphatic hydroxyl groups excluding tert-OH is 2. The Hall–Kier alpha value is -0.970. The van der Waals surface area contributed by atoms with Crippen molar-refractivity contribution in [2.45, 2.75) is 57.6 Å². The Kier molecular flexibility index (Phi) is 5.58. The van der Waals surface area contributed by atoms with E-state index >= 15 is 0 Å². The summed E-state index contributed by atoms with van der Waals surface area (Å²) in [6, 6.07) is 0. The van der Waals surface area contributed by atoms with Gasteiger partial charge in [-0.1, -0.05) is 19.8 Å². The number of anilines is 1. The molecule has 1 saturated heterocycles. The lowest BCUT2D eigenvalue weighted by molar-refractivity contribution is -0.0297. The van der Waals surface area contributed by atoms with Gasteiger partial charge in [0.1, 0.15) is 30.0 Å². The van der Waals surface area contributed by atoms with Gasteiger partial charge in [0.15, 0.2) is 6.23 Å². The van der Waals surface area contributed by atoms with Gasteiger partial charge in [-0.2, -0.15) is 0 Å². The third kappa shape index (κ3) is 3.24. The Balaban J connectivity index is 1.92. The summed E-state index contributed by atoms with van der Waals surface area (Å²) in [4.78, 5) is 8.73. The Morgan fingerprint density at radius 2 is 2.08 bits per heavy atom. The Morgan fingerprint density at radius 1 is 1.29 bits per heavy atom. The Morgan fingerprint density at radius 3 is 2.75 bits per heavy atom. The number of halogens is 1. The smallest absolute Gasteiger partial charge is 0.164 e. The third-order valence-electron chi connectivity index (χ3n) is 4.39. The molecule has 3 rings (SSSR count). The summed E-state index contributed by atoms with van der Waals surface area (Å²) in [6.45, 7) is 4.79. The van der Waals surface area contributed by atoms with E-state index < -0.39 is 24.5 Å². The molecule has 0 spiro atoms. The van der Waals surface area contributed by atoms with Crippen LogP contribution in [0.4, 0.5) is 5.82 Å². The lowest BCUT2D eigenvalue weighted by Crippen LogP contribution is -2.30. The molecule has 0 saturated carbocycles. The topological polar surface area (TPSA) is 92.4 Å². The number of unbranched alkanes of at least 4 members (excludes halogenated alkanes) is 2. The number of hydrogen-bond acceptors (Lipinski definition) is 6. The van der Waals surface area contributed by atoms with Crippen LogP contribution in [-0.2, 0) is 4.74 Å². The standard InChI is InChI=1S/C16H23IN4O3/c1-3-4-5-6-18-14-11-10(17)7-21(15(11)20-8-19-14)16-13(23)12(22)9(2)24-16/h7-9,12-13,16,22-23H,3-6H2,1-2H3,(H,18,19,20)/t9-,12-,13-,16-/m1/s1. The molecular formula is C16H23IN4O3. The molecule has 0 aromatic carbocycles. The molecule has 132 valence electrons. The van der Waals surface area contributed by atoms with Crippen molar-refractivity contribution in [2.24, 2.45) is 0 Å². The molecule has 3 N–H and O–H groups in total. The minimum atomic E-state index is -0.984. The fraction of sp³-hybridized carbons (Fsp3) is 0.625. The molecule has 3 heterocycles. The monoisotopic (exact) mass is 446 g/mol. The van der Waals surface area contributed by atoms with Crippen LogP contribution in [0.25, 0.3) is 11.0 Å². The lowest BCUT2D eigenvalue weighted by Gasteiger charge is -2.17. The minimum Gasteiger partial charge on any atom is -0.388 e. The van der Waals surface area contributed by atoms with E-state index in [9.17, 15) is 10.2 Å². The summed E-state index contributed by atoms with van der Waals surface area (Å²) < 4.78 is 8.49. The van der Waals surface area contributed by atoms with Gasteiger partial charge in [0.25, 0.3) is 0 Å². The van der Waals surface area contributed by atoms with Crippen LogP contribution in [-0.4, -0.2) is 49.6 Å². The van der Waals surface area contributed by atoms with Crippen LogP contribution in [0.3, 0.4) is 0 Å². The van der Waals surface area contributed by atoms with Crippen molar-refractivity contribution in [3.63, 3.8) is 0 Å². The maximum atomic E-state index is 10.3. The first-order valence-electron chi connectivity index (χ1n) is 8.31. The first kappa shape index (κ1) is 17.8. The van der Waals surface area contributed by atoms with E-state index in [1.165, 1.54) is 19.2 Å². The van der Waals surface area contributed by atoms with E-state index in [-0.39, 0.29) is 0 Å². The van der Waals surface area contributed by atoms with Gasteiger partial charge >= 0.3 is 0 Å². The van der Waals surface area contributed by atoms with Crippen molar-refractivity contribution in [1.82, 2.24) is 14.5 Å². The zero-order valence-corrected chi connectivity index (χ0v) is 16.0. The van der Waals surface area contributed by atoms with E-state index in [4.69, 9.17) is 4.74 Å². The summed E-state index contributed by atoms with van der Waals surface area (Å²) in [6.07, 6.45) is 3.88. The summed E-state index contributed by atoms with van der Waals surface area (Å²) >= 11 is 2.24. The molecule has 8 heteroatoms. The fourth-order valence-corrected chi connectivity index (χ4v) is 3.80. The molecule has 0 unspecified atom stereocenters. The van der Waals surface area contributed by atoms with Crippen LogP contribution in [0.15, 0.2) is 12.5 Å². The van der Waals surface area contributed by atoms with Gasteiger partial charge in [-0.05, 0) is 35.9 Å². The van der Waals surface area contributed by atoms with Gasteiger partial charge in [-0.3, -0.25) is 0 Å². The van der Waals surface area contributed by atoms with Crippen molar-refractivity contribution in [3.8, 4) is 0 Å². The summed E-state index contributed by atoms with van der Waals surface area (Å²) in [7, 11) is 0. The predicted octanol–water partition coefficient (Wildman–Crippen LogP) is 2.28. The minimum absolute atomic E-state index is 0.423. The second-order valence-electron chi connectivity index (χ2n) is 6.15. The number of aliphatic hydroxyl groups is 2. The second-order valence-corrected chi connectivity index (χ2v) is 7.31. The molecule has 4 atom stereocenters. The summed E-state index contributed by atoms with van der Waals surface area (Å²) in [5, 5.41) is 24.5. The Bertz CT molecular complexity index is 708. The molecule has 1 aliphatic rings. The van der Waals surface area contributed by atoms with Gasteiger partial charge in [0.2, 0.25) is 0 Å². The van der Waals surface area contributed by atoms with Gasteiger partial charge in [0.05, 0.1) is 11.5 Å². The summed E-state index contributed by atoms with van der Waals surface area (Å²) in [5.41, 5.74) is 0.692. The molecule has 0 radical (unpaired) electrons. The number of nitrogens with zero attached hydrogens (tertiary/aromatic N) is 3. The molecular weight excluding hydrogens is 423 g/mol. The maximum absolute atomic E-state index is 10.3. The van der Waals surface area contributed by atoms with Crippen LogP contribution < -0.4 is 5.32 Å². The van der Waals surface area contributed by atoms with E-state index in [2.05, 4.69) is 44.8 Å². The molecule has 2 aromatic heterocycles. The number of hydrogen-bond donors (Lipinski definition) is 3. The highest BCUT2D eigenvalue weighted by atomic mass is 127. The predicted molar refractivity (Wildman–Crippen MR) is 99.9 cm³/mol. The average Bonchev–Trinajstić information content (AvgIpc) is 3.04. The summed E-state index contributed by atoms with van der Waals surface area (Å²) in [5.74, 6) is 0.792. The molecule has 2 aromatic rings. The van der Waals surface area contributed by atoms with Gasteiger partial charge < -0.3 is 24.8 Å². The van der Waals surface area contributed by atoms with Crippen LogP contribution >= 0.6 is 22.6 Å². The molecule has 0 bridgehead atoms. The van der Waals surface area contributed by atoms with Crippen molar-refractivity contribution in [3.05, 3.63) is 16.1 Å². The third-order valence-corrected chi connectivity index (χ3v) is 5.21. The van der Waals surface area contributed by atoms with Crippen LogP contribution in [0.2, 0.25) is 0 Å². The van der Waals surface area contributed by atoms with Gasteiger partial charge in [0, 0.05) is 16.3 Å². The first-order chi connectivity index (χ1) is 11.5. The molecule has 1 fully saturated rings. The maximum Gasteiger partial charge on any atom is 0.164 e. The zero-order chi connectivity index (χ0) is 17.3. The normalized spacial score (nSPS) is 27.0. The first-order valence-corrected chi connectivity index (χ1v) is 9.39. The largest absolute Gasteiger partial charge is 0.388 e. The van der Waals surface area contributed by atoms with Crippen molar-refractivity contribution in [2.75, 3.05) is 11.9 Å². The lowest BCUT2D eigenvalue weighted by atomic mass is 10.1. The van der Waals surface area contributed by atoms with Gasteiger partial charge in [-0.15, -0.1) is 0 Å². The SMILES string of the molecule is CCCCCNc1ncnc2c1c(I)cn2[C@@H]1O[C@H](C)[C@@H](O)[C@H]1O. The van der Waals surface area contributed by atoms with Crippen molar-refractivity contribution in [1.29, 1.82) is 0 Å². The molecule has 24 heavy (non-hydrogen) atoms. The number of nitrogens with one attached hydrogen (secondary N) is 1. The highest BCUT2D eigenvalue weighted by Gasteiger charge is 2.42. The Labute approximate surface area is 154 Å². The number of aromatic nitrogens is 3. The van der Waals surface area contributed by atoms with Crippen LogP contribution in [0, 0.1) is 3.57 Å². The van der Waals surface area contributed by atoms with E-state index in [0.29, 0.717) is 5.65 Å². The number of ether oxygens (including phenoxy) is 1. The molecule has 1 aliphatic heterocycles. The van der Waals surface area contributed by atoms with E-state index in [1.807, 2.05) is 6.20 Å². The quantitative estimate of drug-likeness (QED) is 0.466. The van der Waals surface area contributed by atoms with Crippen molar-refractivity contribution >= 4 is 39.4 Å². The van der Waals surface area contributed by atoms with E-state index in [0.717, 1.165) is 27.7 Å². The molecule has 0 aliphatic carbocycles. The highest BCUT2D eigenvalue weighted by Crippen LogP contribution is 2.35. The molecule has 0 amide bonds. The molecule has 7 nitrogen and oxygen atoms in total. The van der Waals surface area contributed by atoms with E-state index in [1.54, 1.807) is 11.5 Å². The fourth-order valence-electron chi connectivity index (χ4n) is 3.01. The van der Waals surface area contributed by atoms with Crippen LogP contribution in [0.5, 0.6) is 0 Å². The number of fused-ring (bicyclic) bond motifs is 1. The highest BCUT2D eigenvalue weighted by molar-refractivity contribution is 14.1.